The third kappa shape index (κ3) is 1.99. The van der Waals surface area contributed by atoms with E-state index in [1.165, 1.54) is 6.07 Å². The highest BCUT2D eigenvalue weighted by Crippen LogP contribution is 2.28. The average Bonchev–Trinajstić information content (AvgIpc) is 1.92. The molecule has 0 bridgehead atoms. The van der Waals surface area contributed by atoms with Crippen LogP contribution in [0.1, 0.15) is 5.69 Å². The highest BCUT2D eigenvalue weighted by atomic mass is 127. The lowest BCUT2D eigenvalue weighted by Gasteiger charge is -2.06. The Kier molecular flexibility index (Phi) is 2.45. The fraction of sp³-hybridized carbons (Fsp3) is 0.167. The number of aromatic nitrogens is 1. The molecule has 12 heavy (non-hydrogen) atoms. The zero-order valence-electron chi connectivity index (χ0n) is 5.69. The summed E-state index contributed by atoms with van der Waals surface area (Å²) in [6.07, 6.45) is -4.40. The molecule has 6 heteroatoms. The fourth-order valence-corrected chi connectivity index (χ4v) is 1.04. The zero-order valence-corrected chi connectivity index (χ0v) is 7.85. The minimum atomic E-state index is -4.40. The van der Waals surface area contributed by atoms with Crippen LogP contribution in [0.5, 0.6) is 0 Å². The summed E-state index contributed by atoms with van der Waals surface area (Å²) in [5.41, 5.74) is 4.63. The second-order valence-corrected chi connectivity index (χ2v) is 3.10. The molecule has 1 rings (SSSR count). The summed E-state index contributed by atoms with van der Waals surface area (Å²) >= 11 is 1.65. The van der Waals surface area contributed by atoms with Gasteiger partial charge in [-0.2, -0.15) is 13.2 Å². The van der Waals surface area contributed by atoms with Crippen molar-refractivity contribution in [2.75, 3.05) is 5.73 Å². The Morgan fingerprint density at radius 2 is 1.92 bits per heavy atom. The Morgan fingerprint density at radius 1 is 1.33 bits per heavy atom. The minimum Gasteiger partial charge on any atom is -0.397 e. The Balaban J connectivity index is 3.14. The van der Waals surface area contributed by atoms with Crippen LogP contribution in [0.15, 0.2) is 12.1 Å². The number of nitrogens with zero attached hydrogens (tertiary/aromatic N) is 1. The van der Waals surface area contributed by atoms with Gasteiger partial charge in [0.1, 0.15) is 9.39 Å². The molecule has 0 aromatic carbocycles. The maximum Gasteiger partial charge on any atom is 0.433 e. The Hall–Kier alpha value is -0.530. The van der Waals surface area contributed by atoms with Gasteiger partial charge >= 0.3 is 6.18 Å². The van der Waals surface area contributed by atoms with Crippen molar-refractivity contribution in [3.63, 3.8) is 0 Å². The van der Waals surface area contributed by atoms with Gasteiger partial charge < -0.3 is 5.73 Å². The average molecular weight is 288 g/mol. The summed E-state index contributed by atoms with van der Waals surface area (Å²) < 4.78 is 36.1. The molecule has 1 aromatic heterocycles. The van der Waals surface area contributed by atoms with Crippen molar-refractivity contribution in [1.82, 2.24) is 4.98 Å². The Labute approximate surface area is 80.1 Å². The number of anilines is 1. The van der Waals surface area contributed by atoms with Crippen LogP contribution in [-0.2, 0) is 6.18 Å². The van der Waals surface area contributed by atoms with Gasteiger partial charge in [0.05, 0.1) is 5.69 Å². The van der Waals surface area contributed by atoms with Gasteiger partial charge in [-0.3, -0.25) is 0 Å². The predicted octanol–water partition coefficient (Wildman–Crippen LogP) is 2.29. The quantitative estimate of drug-likeness (QED) is 0.587. The second kappa shape index (κ2) is 3.08. The van der Waals surface area contributed by atoms with Crippen LogP contribution in [0.2, 0.25) is 0 Å². The van der Waals surface area contributed by atoms with Gasteiger partial charge in [0.2, 0.25) is 0 Å². The number of pyridine rings is 1. The van der Waals surface area contributed by atoms with Crippen LogP contribution in [0.4, 0.5) is 18.9 Å². The molecule has 0 saturated heterocycles. The van der Waals surface area contributed by atoms with E-state index in [0.29, 0.717) is 0 Å². The molecule has 2 N–H and O–H groups in total. The number of nitrogens with two attached hydrogens (primary N) is 1. The lowest BCUT2D eigenvalue weighted by molar-refractivity contribution is -0.141. The number of hydrogen-bond acceptors (Lipinski definition) is 2. The summed E-state index contributed by atoms with van der Waals surface area (Å²) in [5, 5.41) is 0. The van der Waals surface area contributed by atoms with Crippen LogP contribution >= 0.6 is 22.6 Å². The van der Waals surface area contributed by atoms with Gasteiger partial charge in [-0.05, 0) is 34.7 Å². The monoisotopic (exact) mass is 288 g/mol. The van der Waals surface area contributed by atoms with Gasteiger partial charge in [-0.15, -0.1) is 0 Å². The van der Waals surface area contributed by atoms with Gasteiger partial charge in [0.15, 0.2) is 0 Å². The first-order chi connectivity index (χ1) is 5.41. The summed E-state index contributed by atoms with van der Waals surface area (Å²) in [6, 6.07) is 2.05. The van der Waals surface area contributed by atoms with Crippen LogP contribution in [0, 0.1) is 3.70 Å². The number of nitrogen functional groups attached to an aromatic ring is 1. The van der Waals surface area contributed by atoms with Crippen molar-refractivity contribution in [2.45, 2.75) is 6.18 Å². The van der Waals surface area contributed by atoms with Crippen molar-refractivity contribution < 1.29 is 13.2 Å². The minimum absolute atomic E-state index is 0.169. The third-order valence-electron chi connectivity index (χ3n) is 1.17. The van der Waals surface area contributed by atoms with E-state index in [-0.39, 0.29) is 9.39 Å². The number of halogens is 4. The van der Waals surface area contributed by atoms with Crippen LogP contribution in [-0.4, -0.2) is 4.98 Å². The number of alkyl halides is 3. The molecule has 2 nitrogen and oxygen atoms in total. The largest absolute Gasteiger partial charge is 0.433 e. The van der Waals surface area contributed by atoms with Crippen molar-refractivity contribution in [3.05, 3.63) is 21.5 Å². The van der Waals surface area contributed by atoms with Gasteiger partial charge in [-0.1, -0.05) is 0 Å². The maximum atomic E-state index is 12.0. The van der Waals surface area contributed by atoms with E-state index in [1.807, 2.05) is 0 Å². The highest BCUT2D eigenvalue weighted by Gasteiger charge is 2.32. The van der Waals surface area contributed by atoms with Gasteiger partial charge in [0.25, 0.3) is 0 Å². The molecule has 0 radical (unpaired) electrons. The summed E-state index contributed by atoms with van der Waals surface area (Å²) in [4.78, 5) is 3.28. The first-order valence-corrected chi connectivity index (χ1v) is 3.98. The predicted molar refractivity (Wildman–Crippen MR) is 46.4 cm³/mol. The fourth-order valence-electron chi connectivity index (χ4n) is 0.603. The molecule has 0 unspecified atom stereocenters. The molecule has 0 aliphatic heterocycles. The molecule has 0 aliphatic rings. The van der Waals surface area contributed by atoms with E-state index in [2.05, 4.69) is 4.98 Å². The van der Waals surface area contributed by atoms with Crippen LogP contribution in [0.25, 0.3) is 0 Å². The molecule has 0 fully saturated rings. The maximum absolute atomic E-state index is 12.0. The van der Waals surface area contributed by atoms with Crippen LogP contribution < -0.4 is 5.73 Å². The van der Waals surface area contributed by atoms with E-state index < -0.39 is 11.9 Å². The SMILES string of the molecule is Nc1ccc(C(F)(F)F)nc1I. The van der Waals surface area contributed by atoms with E-state index in [0.717, 1.165) is 6.07 Å². The number of rotatable bonds is 0. The van der Waals surface area contributed by atoms with E-state index in [4.69, 9.17) is 5.73 Å². The summed E-state index contributed by atoms with van der Waals surface area (Å²) in [6.45, 7) is 0. The molecule has 66 valence electrons. The third-order valence-corrected chi connectivity index (χ3v) is 2.03. The molecule has 1 aromatic rings. The van der Waals surface area contributed by atoms with E-state index >= 15 is 0 Å². The topological polar surface area (TPSA) is 38.9 Å². The molecule has 0 amide bonds. The standard InChI is InChI=1S/C6H4F3IN2/c7-6(8,9)4-2-1-3(11)5(10)12-4/h1-2H,11H2. The Bertz CT molecular complexity index is 297. The van der Waals surface area contributed by atoms with Crippen molar-refractivity contribution in [1.29, 1.82) is 0 Å². The van der Waals surface area contributed by atoms with Crippen molar-refractivity contribution in [3.8, 4) is 0 Å². The molecular formula is C6H4F3IN2. The van der Waals surface area contributed by atoms with E-state index in [1.54, 1.807) is 22.6 Å². The van der Waals surface area contributed by atoms with Crippen molar-refractivity contribution in [2.24, 2.45) is 0 Å². The van der Waals surface area contributed by atoms with Crippen molar-refractivity contribution >= 4 is 28.3 Å². The zero-order chi connectivity index (χ0) is 9.35. The van der Waals surface area contributed by atoms with Gasteiger partial charge in [-0.25, -0.2) is 4.98 Å². The summed E-state index contributed by atoms with van der Waals surface area (Å²) in [5.74, 6) is 0. The first kappa shape index (κ1) is 9.56. The molecule has 0 aliphatic carbocycles. The second-order valence-electron chi connectivity index (χ2n) is 2.07. The lowest BCUT2D eigenvalue weighted by Crippen LogP contribution is -2.09. The number of hydrogen-bond donors (Lipinski definition) is 1. The lowest BCUT2D eigenvalue weighted by atomic mass is 10.3. The van der Waals surface area contributed by atoms with Crippen LogP contribution in [0.3, 0.4) is 0 Å². The highest BCUT2D eigenvalue weighted by molar-refractivity contribution is 14.1. The smallest absolute Gasteiger partial charge is 0.397 e. The van der Waals surface area contributed by atoms with Gasteiger partial charge in [0, 0.05) is 0 Å². The van der Waals surface area contributed by atoms with E-state index in [9.17, 15) is 13.2 Å². The normalized spacial score (nSPS) is 11.7. The Morgan fingerprint density at radius 3 is 2.33 bits per heavy atom. The molecule has 0 atom stereocenters. The summed E-state index contributed by atoms with van der Waals surface area (Å²) in [7, 11) is 0. The molecule has 0 saturated carbocycles. The molecule has 1 heterocycles. The molecular weight excluding hydrogens is 284 g/mol. The molecule has 0 spiro atoms. The first-order valence-electron chi connectivity index (χ1n) is 2.90.